The molecule has 9 nitrogen and oxygen atoms in total. The van der Waals surface area contributed by atoms with Crippen LogP contribution < -0.4 is 16.4 Å². The molecule has 1 aliphatic heterocycles. The lowest BCUT2D eigenvalue weighted by Gasteiger charge is -2.25. The predicted molar refractivity (Wildman–Crippen MR) is 127 cm³/mol. The smallest absolute Gasteiger partial charge is 0.243 e. The first-order valence-corrected chi connectivity index (χ1v) is 12.8. The minimum absolute atomic E-state index is 0.139. The Morgan fingerprint density at radius 3 is 2.58 bits per heavy atom. The van der Waals surface area contributed by atoms with E-state index in [9.17, 15) is 18.0 Å². The van der Waals surface area contributed by atoms with Gasteiger partial charge in [-0.3, -0.25) is 9.59 Å². The summed E-state index contributed by atoms with van der Waals surface area (Å²) in [6, 6.07) is 6.48. The third-order valence-corrected chi connectivity index (χ3v) is 7.33. The molecule has 0 spiro atoms. The van der Waals surface area contributed by atoms with Gasteiger partial charge in [-0.1, -0.05) is 35.3 Å². The first kappa shape index (κ1) is 25.2. The van der Waals surface area contributed by atoms with Crippen LogP contribution in [0, 0.1) is 0 Å². The molecule has 0 unspecified atom stereocenters. The number of benzene rings is 1. The van der Waals surface area contributed by atoms with Gasteiger partial charge in [-0.15, -0.1) is 0 Å². The van der Waals surface area contributed by atoms with Crippen LogP contribution in [0.4, 0.5) is 5.82 Å². The van der Waals surface area contributed by atoms with Gasteiger partial charge in [-0.05, 0) is 42.2 Å². The highest BCUT2D eigenvalue weighted by molar-refractivity contribution is 7.88. The van der Waals surface area contributed by atoms with E-state index >= 15 is 0 Å². The van der Waals surface area contributed by atoms with Crippen LogP contribution in [0.1, 0.15) is 24.0 Å². The van der Waals surface area contributed by atoms with Crippen LogP contribution in [0.5, 0.6) is 0 Å². The maximum atomic E-state index is 13.0. The summed E-state index contributed by atoms with van der Waals surface area (Å²) in [5.74, 6) is -0.593. The van der Waals surface area contributed by atoms with E-state index in [1.165, 1.54) is 0 Å². The number of aromatic nitrogens is 1. The number of nitrogens with one attached hydrogen (secondary N) is 2. The Kier molecular flexibility index (Phi) is 8.17. The van der Waals surface area contributed by atoms with Crippen molar-refractivity contribution in [1.82, 2.24) is 19.9 Å². The summed E-state index contributed by atoms with van der Waals surface area (Å²) in [5.41, 5.74) is 7.00. The molecular formula is C21H25Cl2N5O4S. The van der Waals surface area contributed by atoms with Crippen LogP contribution in [-0.2, 0) is 32.6 Å². The number of anilines is 1. The number of carbonyl (C=O) groups is 2. The summed E-state index contributed by atoms with van der Waals surface area (Å²) in [6.45, 7) is 0.448. The van der Waals surface area contributed by atoms with E-state index in [2.05, 4.69) is 15.6 Å². The van der Waals surface area contributed by atoms with Crippen molar-refractivity contribution in [3.05, 3.63) is 57.7 Å². The summed E-state index contributed by atoms with van der Waals surface area (Å²) in [5, 5.41) is 6.19. The third-order valence-electron chi connectivity index (χ3n) is 5.30. The topological polar surface area (TPSA) is 134 Å². The molecule has 1 saturated heterocycles. The summed E-state index contributed by atoms with van der Waals surface area (Å²) in [6.07, 6.45) is 3.71. The lowest BCUT2D eigenvalue weighted by molar-refractivity contribution is -0.130. The highest BCUT2D eigenvalue weighted by Crippen LogP contribution is 2.24. The molecule has 33 heavy (non-hydrogen) atoms. The molecule has 1 aliphatic rings. The average molecular weight is 514 g/mol. The largest absolute Gasteiger partial charge is 0.384 e. The van der Waals surface area contributed by atoms with Gasteiger partial charge in [0.1, 0.15) is 17.9 Å². The Balaban J connectivity index is 1.76. The van der Waals surface area contributed by atoms with Crippen molar-refractivity contribution in [2.75, 3.05) is 18.5 Å². The van der Waals surface area contributed by atoms with E-state index in [-0.39, 0.29) is 19.5 Å². The molecule has 2 heterocycles. The molecule has 1 aromatic heterocycles. The molecule has 0 bridgehead atoms. The molecule has 12 heteroatoms. The molecule has 2 atom stereocenters. The van der Waals surface area contributed by atoms with Gasteiger partial charge in [-0.2, -0.15) is 4.31 Å². The highest BCUT2D eigenvalue weighted by atomic mass is 35.5. The SMILES string of the molecule is CS(=O)(=O)N1CCC[C@@H]1C(=O)N[C@@H](Cc1ccc(Cl)c(Cl)c1)C(=O)NCc1ccc(N)nc1. The van der Waals surface area contributed by atoms with Gasteiger partial charge in [0.25, 0.3) is 0 Å². The number of amides is 2. The fraction of sp³-hybridized carbons (Fsp3) is 0.381. The van der Waals surface area contributed by atoms with E-state index in [1.807, 2.05) is 0 Å². The number of sulfonamides is 1. The quantitative estimate of drug-likeness (QED) is 0.491. The third kappa shape index (κ3) is 6.80. The van der Waals surface area contributed by atoms with Crippen LogP contribution in [0.25, 0.3) is 0 Å². The van der Waals surface area contributed by atoms with Gasteiger partial charge in [0.05, 0.1) is 16.3 Å². The normalized spacial score (nSPS) is 17.5. The zero-order valence-corrected chi connectivity index (χ0v) is 20.3. The average Bonchev–Trinajstić information content (AvgIpc) is 3.26. The number of nitrogen functional groups attached to an aromatic ring is 1. The lowest BCUT2D eigenvalue weighted by atomic mass is 10.0. The number of nitrogens with zero attached hydrogens (tertiary/aromatic N) is 2. The number of hydrogen-bond acceptors (Lipinski definition) is 6. The van der Waals surface area contributed by atoms with Crippen LogP contribution in [0.15, 0.2) is 36.5 Å². The highest BCUT2D eigenvalue weighted by Gasteiger charge is 2.37. The number of carbonyl (C=O) groups excluding carboxylic acids is 2. The molecular weight excluding hydrogens is 489 g/mol. The predicted octanol–water partition coefficient (Wildman–Crippen LogP) is 1.74. The Morgan fingerprint density at radius 2 is 1.94 bits per heavy atom. The second-order valence-electron chi connectivity index (χ2n) is 7.85. The second kappa shape index (κ2) is 10.7. The number of rotatable bonds is 8. The number of pyridine rings is 1. The molecule has 0 aliphatic carbocycles. The molecule has 2 amide bonds. The van der Waals surface area contributed by atoms with E-state index in [1.54, 1.807) is 36.5 Å². The van der Waals surface area contributed by atoms with Gasteiger partial charge >= 0.3 is 0 Å². The lowest BCUT2D eigenvalue weighted by Crippen LogP contribution is -2.53. The van der Waals surface area contributed by atoms with E-state index in [0.717, 1.165) is 16.1 Å². The molecule has 0 radical (unpaired) electrons. The zero-order chi connectivity index (χ0) is 24.2. The van der Waals surface area contributed by atoms with E-state index < -0.39 is 33.9 Å². The molecule has 2 aromatic rings. The van der Waals surface area contributed by atoms with Crippen LogP contribution in [0.2, 0.25) is 10.0 Å². The first-order chi connectivity index (χ1) is 15.5. The van der Waals surface area contributed by atoms with Crippen molar-refractivity contribution in [2.24, 2.45) is 0 Å². The molecule has 1 aromatic carbocycles. The maximum absolute atomic E-state index is 13.0. The van der Waals surface area contributed by atoms with Gasteiger partial charge in [0.15, 0.2) is 0 Å². The monoisotopic (exact) mass is 513 g/mol. The van der Waals surface area contributed by atoms with E-state index in [0.29, 0.717) is 34.3 Å². The van der Waals surface area contributed by atoms with Crippen LogP contribution in [0.3, 0.4) is 0 Å². The number of halogens is 2. The van der Waals surface area contributed by atoms with E-state index in [4.69, 9.17) is 28.9 Å². The Hall–Kier alpha value is -2.40. The molecule has 178 valence electrons. The Labute approximate surface area is 202 Å². The van der Waals surface area contributed by atoms with Crippen molar-refractivity contribution in [3.63, 3.8) is 0 Å². The molecule has 0 saturated carbocycles. The summed E-state index contributed by atoms with van der Waals surface area (Å²) in [4.78, 5) is 30.0. The van der Waals surface area contributed by atoms with Crippen molar-refractivity contribution >= 4 is 50.9 Å². The van der Waals surface area contributed by atoms with Crippen LogP contribution >= 0.6 is 23.2 Å². The summed E-state index contributed by atoms with van der Waals surface area (Å²) in [7, 11) is -3.55. The number of nitrogens with two attached hydrogens (primary N) is 1. The first-order valence-electron chi connectivity index (χ1n) is 10.2. The van der Waals surface area contributed by atoms with Gasteiger partial charge < -0.3 is 16.4 Å². The fourth-order valence-electron chi connectivity index (χ4n) is 3.63. The van der Waals surface area contributed by atoms with Crippen molar-refractivity contribution in [3.8, 4) is 0 Å². The summed E-state index contributed by atoms with van der Waals surface area (Å²) >= 11 is 12.1. The van der Waals surface area contributed by atoms with Gasteiger partial charge in [0, 0.05) is 25.7 Å². The number of hydrogen-bond donors (Lipinski definition) is 3. The maximum Gasteiger partial charge on any atom is 0.243 e. The Bertz CT molecular complexity index is 1130. The van der Waals surface area contributed by atoms with Crippen molar-refractivity contribution < 1.29 is 18.0 Å². The standard InChI is InChI=1S/C21H25Cl2N5O4S/c1-33(31,32)28-8-2-3-18(28)21(30)27-17(10-13-4-6-15(22)16(23)9-13)20(29)26-12-14-5-7-19(24)25-11-14/h4-7,9,11,17-18H,2-3,8,10,12H2,1H3,(H2,24,25)(H,26,29)(H,27,30)/t17-,18+/m0/s1. The van der Waals surface area contributed by atoms with Crippen molar-refractivity contribution in [2.45, 2.75) is 37.9 Å². The second-order valence-corrected chi connectivity index (χ2v) is 10.6. The molecule has 3 rings (SSSR count). The fourth-order valence-corrected chi connectivity index (χ4v) is 5.08. The minimum atomic E-state index is -3.55. The molecule has 1 fully saturated rings. The zero-order valence-electron chi connectivity index (χ0n) is 17.9. The minimum Gasteiger partial charge on any atom is -0.384 e. The summed E-state index contributed by atoms with van der Waals surface area (Å²) < 4.78 is 25.2. The molecule has 4 N–H and O–H groups in total. The van der Waals surface area contributed by atoms with Gasteiger partial charge in [-0.25, -0.2) is 13.4 Å². The van der Waals surface area contributed by atoms with Crippen molar-refractivity contribution in [1.29, 1.82) is 0 Å². The van der Waals surface area contributed by atoms with Gasteiger partial charge in [0.2, 0.25) is 21.8 Å². The Morgan fingerprint density at radius 1 is 1.21 bits per heavy atom. The van der Waals surface area contributed by atoms with Crippen LogP contribution in [-0.4, -0.2) is 54.4 Å².